The fourth-order valence-corrected chi connectivity index (χ4v) is 3.30. The van der Waals surface area contributed by atoms with Crippen LogP contribution < -0.4 is 15.0 Å². The topological polar surface area (TPSA) is 58.6 Å². The van der Waals surface area contributed by atoms with Crippen LogP contribution in [0.3, 0.4) is 0 Å². The highest BCUT2D eigenvalue weighted by Gasteiger charge is 2.25. The summed E-state index contributed by atoms with van der Waals surface area (Å²) in [7, 11) is 1.55. The van der Waals surface area contributed by atoms with Gasteiger partial charge in [0.2, 0.25) is 5.91 Å². The smallest absolute Gasteiger partial charge is 0.255 e. The standard InChI is InChI=1S/C18H16Cl2N2O3/c1-25-16-5-4-14(10-15(16)22-6-2-3-17(22)23)21-18(24)11-7-12(19)9-13(20)8-11/h4-5,7-10H,2-3,6H2,1H3,(H,21,24). The van der Waals surface area contributed by atoms with Crippen LogP contribution in [-0.4, -0.2) is 25.5 Å². The summed E-state index contributed by atoms with van der Waals surface area (Å²) in [6.07, 6.45) is 1.32. The molecule has 3 rings (SSSR count). The Morgan fingerprint density at radius 2 is 1.88 bits per heavy atom. The molecule has 2 amide bonds. The Morgan fingerprint density at radius 1 is 1.16 bits per heavy atom. The third-order valence-corrected chi connectivity index (χ3v) is 4.36. The van der Waals surface area contributed by atoms with E-state index in [2.05, 4.69) is 5.32 Å². The predicted molar refractivity (Wildman–Crippen MR) is 99.0 cm³/mol. The van der Waals surface area contributed by atoms with Crippen molar-refractivity contribution >= 4 is 46.4 Å². The molecule has 5 nitrogen and oxygen atoms in total. The first-order valence-electron chi connectivity index (χ1n) is 7.74. The van der Waals surface area contributed by atoms with Gasteiger partial charge in [0.1, 0.15) is 5.75 Å². The van der Waals surface area contributed by atoms with Gasteiger partial charge in [0.15, 0.2) is 0 Å². The Bertz CT molecular complexity index is 819. The number of methoxy groups -OCH3 is 1. The summed E-state index contributed by atoms with van der Waals surface area (Å²) in [4.78, 5) is 26.1. The van der Waals surface area contributed by atoms with E-state index >= 15 is 0 Å². The van der Waals surface area contributed by atoms with Gasteiger partial charge in [-0.05, 0) is 42.8 Å². The van der Waals surface area contributed by atoms with E-state index < -0.39 is 0 Å². The highest BCUT2D eigenvalue weighted by molar-refractivity contribution is 6.35. The second kappa shape index (κ2) is 7.33. The van der Waals surface area contributed by atoms with Crippen molar-refractivity contribution in [3.63, 3.8) is 0 Å². The molecule has 1 aliphatic heterocycles. The number of nitrogens with zero attached hydrogens (tertiary/aromatic N) is 1. The maximum Gasteiger partial charge on any atom is 0.255 e. The van der Waals surface area contributed by atoms with Gasteiger partial charge in [0, 0.05) is 34.3 Å². The van der Waals surface area contributed by atoms with Gasteiger partial charge in [0.25, 0.3) is 5.91 Å². The molecule has 2 aromatic rings. The van der Waals surface area contributed by atoms with E-state index in [1.165, 1.54) is 12.1 Å². The number of ether oxygens (including phenoxy) is 1. The fourth-order valence-electron chi connectivity index (χ4n) is 2.77. The number of hydrogen-bond acceptors (Lipinski definition) is 3. The Labute approximate surface area is 155 Å². The summed E-state index contributed by atoms with van der Waals surface area (Å²) in [5, 5.41) is 3.56. The molecule has 1 fully saturated rings. The monoisotopic (exact) mass is 378 g/mol. The first kappa shape index (κ1) is 17.6. The molecule has 1 aliphatic rings. The number of nitrogens with one attached hydrogen (secondary N) is 1. The highest BCUT2D eigenvalue weighted by atomic mass is 35.5. The molecule has 130 valence electrons. The number of amides is 2. The summed E-state index contributed by atoms with van der Waals surface area (Å²) in [6, 6.07) is 9.80. The molecule has 0 radical (unpaired) electrons. The normalized spacial score (nSPS) is 13.9. The number of carbonyl (C=O) groups is 2. The van der Waals surface area contributed by atoms with Crippen LogP contribution in [0.15, 0.2) is 36.4 Å². The molecule has 0 spiro atoms. The van der Waals surface area contributed by atoms with Crippen molar-refractivity contribution in [1.29, 1.82) is 0 Å². The molecule has 0 atom stereocenters. The molecular weight excluding hydrogens is 363 g/mol. The lowest BCUT2D eigenvalue weighted by atomic mass is 10.2. The van der Waals surface area contributed by atoms with Gasteiger partial charge in [-0.1, -0.05) is 23.2 Å². The Morgan fingerprint density at radius 3 is 2.48 bits per heavy atom. The van der Waals surface area contributed by atoms with Crippen molar-refractivity contribution < 1.29 is 14.3 Å². The molecule has 1 N–H and O–H groups in total. The zero-order chi connectivity index (χ0) is 18.0. The first-order valence-corrected chi connectivity index (χ1v) is 8.49. The van der Waals surface area contributed by atoms with Gasteiger partial charge in [0.05, 0.1) is 12.8 Å². The van der Waals surface area contributed by atoms with E-state index in [0.29, 0.717) is 45.7 Å². The van der Waals surface area contributed by atoms with Crippen LogP contribution in [0.1, 0.15) is 23.2 Å². The van der Waals surface area contributed by atoms with Crippen LogP contribution in [0.2, 0.25) is 10.0 Å². The maximum absolute atomic E-state index is 12.4. The van der Waals surface area contributed by atoms with Crippen molar-refractivity contribution in [3.05, 3.63) is 52.0 Å². The molecule has 1 saturated heterocycles. The number of halogens is 2. The Balaban J connectivity index is 1.87. The third kappa shape index (κ3) is 3.89. The zero-order valence-corrected chi connectivity index (χ0v) is 15.0. The summed E-state index contributed by atoms with van der Waals surface area (Å²) < 4.78 is 5.34. The van der Waals surface area contributed by atoms with Crippen LogP contribution in [0, 0.1) is 0 Å². The van der Waals surface area contributed by atoms with Crippen LogP contribution in [0.5, 0.6) is 5.75 Å². The van der Waals surface area contributed by atoms with Crippen molar-refractivity contribution in [2.45, 2.75) is 12.8 Å². The number of rotatable bonds is 4. The average molecular weight is 379 g/mol. The highest BCUT2D eigenvalue weighted by Crippen LogP contribution is 2.34. The molecule has 0 bridgehead atoms. The number of benzene rings is 2. The summed E-state index contributed by atoms with van der Waals surface area (Å²) in [6.45, 7) is 0.635. The largest absolute Gasteiger partial charge is 0.495 e. The van der Waals surface area contributed by atoms with E-state index in [9.17, 15) is 9.59 Å². The SMILES string of the molecule is COc1ccc(NC(=O)c2cc(Cl)cc(Cl)c2)cc1N1CCCC1=O. The number of hydrogen-bond donors (Lipinski definition) is 1. The van der Waals surface area contributed by atoms with Crippen LogP contribution in [0.25, 0.3) is 0 Å². The minimum Gasteiger partial charge on any atom is -0.495 e. The summed E-state index contributed by atoms with van der Waals surface area (Å²) >= 11 is 11.9. The van der Waals surface area contributed by atoms with Gasteiger partial charge in [-0.15, -0.1) is 0 Å². The minimum atomic E-state index is -0.340. The van der Waals surface area contributed by atoms with Crippen LogP contribution >= 0.6 is 23.2 Å². The molecule has 2 aromatic carbocycles. The third-order valence-electron chi connectivity index (χ3n) is 3.93. The van der Waals surface area contributed by atoms with E-state index in [1.807, 2.05) is 0 Å². The molecule has 0 saturated carbocycles. The quantitative estimate of drug-likeness (QED) is 0.858. The van der Waals surface area contributed by atoms with Gasteiger partial charge in [-0.2, -0.15) is 0 Å². The molecule has 0 unspecified atom stereocenters. The minimum absolute atomic E-state index is 0.0448. The van der Waals surface area contributed by atoms with Crippen LogP contribution in [-0.2, 0) is 4.79 Å². The summed E-state index contributed by atoms with van der Waals surface area (Å²) in [5.41, 5.74) is 1.55. The Hall–Kier alpha value is -2.24. The number of carbonyl (C=O) groups excluding carboxylic acids is 2. The van der Waals surface area contributed by atoms with Gasteiger partial charge < -0.3 is 15.0 Å². The van der Waals surface area contributed by atoms with Crippen molar-refractivity contribution in [2.75, 3.05) is 23.9 Å². The second-order valence-corrected chi connectivity index (χ2v) is 6.52. The molecule has 7 heteroatoms. The van der Waals surface area contributed by atoms with Crippen molar-refractivity contribution in [1.82, 2.24) is 0 Å². The van der Waals surface area contributed by atoms with E-state index in [1.54, 1.807) is 36.3 Å². The van der Waals surface area contributed by atoms with E-state index in [0.717, 1.165) is 6.42 Å². The molecule has 0 aliphatic carbocycles. The Kier molecular flexibility index (Phi) is 5.16. The van der Waals surface area contributed by atoms with Gasteiger partial charge >= 0.3 is 0 Å². The number of anilines is 2. The second-order valence-electron chi connectivity index (χ2n) is 5.65. The van der Waals surface area contributed by atoms with Gasteiger partial charge in [-0.25, -0.2) is 0 Å². The lowest BCUT2D eigenvalue weighted by Gasteiger charge is -2.20. The molecule has 25 heavy (non-hydrogen) atoms. The van der Waals surface area contributed by atoms with E-state index in [4.69, 9.17) is 27.9 Å². The first-order chi connectivity index (χ1) is 12.0. The lowest BCUT2D eigenvalue weighted by Crippen LogP contribution is -2.24. The zero-order valence-electron chi connectivity index (χ0n) is 13.5. The van der Waals surface area contributed by atoms with Crippen molar-refractivity contribution in [2.24, 2.45) is 0 Å². The summed E-state index contributed by atoms with van der Waals surface area (Å²) in [5.74, 6) is 0.288. The fraction of sp³-hybridized carbons (Fsp3) is 0.222. The van der Waals surface area contributed by atoms with Gasteiger partial charge in [-0.3, -0.25) is 9.59 Å². The average Bonchev–Trinajstić information content (AvgIpc) is 2.99. The van der Waals surface area contributed by atoms with Crippen LogP contribution in [0.4, 0.5) is 11.4 Å². The van der Waals surface area contributed by atoms with E-state index in [-0.39, 0.29) is 11.8 Å². The predicted octanol–water partition coefficient (Wildman–Crippen LogP) is 4.38. The lowest BCUT2D eigenvalue weighted by molar-refractivity contribution is -0.117. The molecule has 0 aromatic heterocycles. The maximum atomic E-state index is 12.4. The van der Waals surface area contributed by atoms with Crippen molar-refractivity contribution in [3.8, 4) is 5.75 Å². The molecule has 1 heterocycles. The molecular formula is C18H16Cl2N2O3.